The number of rotatable bonds is 3. The predicted molar refractivity (Wildman–Crippen MR) is 198 cm³/mol. The Kier molecular flexibility index (Phi) is 5.98. The van der Waals surface area contributed by atoms with Crippen LogP contribution in [0.2, 0.25) is 0 Å². The summed E-state index contributed by atoms with van der Waals surface area (Å²) in [5, 5.41) is 2.88. The number of hydrogen-bond acceptors (Lipinski definition) is 2. The Morgan fingerprint density at radius 1 is 0.667 bits per heavy atom. The van der Waals surface area contributed by atoms with Crippen LogP contribution in [0.3, 0.4) is 0 Å². The van der Waals surface area contributed by atoms with E-state index < -0.39 is 0 Å². The summed E-state index contributed by atoms with van der Waals surface area (Å²) in [5.74, 6) is 0.277. The van der Waals surface area contributed by atoms with Gasteiger partial charge < -0.3 is 9.88 Å². The monoisotopic (exact) mass is 616 g/mol. The van der Waals surface area contributed by atoms with Crippen LogP contribution in [0.25, 0.3) is 43.9 Å². The maximum absolute atomic E-state index is 14.6. The fourth-order valence-corrected chi connectivity index (χ4v) is 8.66. The fourth-order valence-electron chi connectivity index (χ4n) is 8.66. The highest BCUT2D eigenvalue weighted by Gasteiger charge is 2.39. The lowest BCUT2D eigenvalue weighted by atomic mass is 9.74. The molecular formula is C45H32N2O. The summed E-state index contributed by atoms with van der Waals surface area (Å²) < 4.78 is 0. The first kappa shape index (κ1) is 27.2. The van der Waals surface area contributed by atoms with E-state index in [0.29, 0.717) is 0 Å². The van der Waals surface area contributed by atoms with Crippen LogP contribution in [0.15, 0.2) is 163 Å². The Bertz CT molecular complexity index is 2530. The van der Waals surface area contributed by atoms with Gasteiger partial charge in [0.15, 0.2) is 0 Å². The Morgan fingerprint density at radius 2 is 1.42 bits per heavy atom. The van der Waals surface area contributed by atoms with Gasteiger partial charge in [-0.2, -0.15) is 0 Å². The van der Waals surface area contributed by atoms with Crippen molar-refractivity contribution in [1.82, 2.24) is 4.98 Å². The van der Waals surface area contributed by atoms with Crippen LogP contribution in [-0.2, 0) is 6.42 Å². The van der Waals surface area contributed by atoms with Crippen molar-refractivity contribution in [2.24, 2.45) is 0 Å². The van der Waals surface area contributed by atoms with Crippen molar-refractivity contribution < 1.29 is 0 Å². The first-order chi connectivity index (χ1) is 23.7. The van der Waals surface area contributed by atoms with Crippen molar-refractivity contribution in [3.05, 3.63) is 190 Å². The molecule has 0 saturated carbocycles. The van der Waals surface area contributed by atoms with E-state index in [1.54, 1.807) is 0 Å². The van der Waals surface area contributed by atoms with E-state index in [1.807, 2.05) is 0 Å². The van der Waals surface area contributed by atoms with Gasteiger partial charge in [-0.1, -0.05) is 140 Å². The highest BCUT2D eigenvalue weighted by atomic mass is 16.1. The van der Waals surface area contributed by atoms with Gasteiger partial charge >= 0.3 is 0 Å². The molecule has 7 aromatic rings. The van der Waals surface area contributed by atoms with Crippen molar-refractivity contribution >= 4 is 33.1 Å². The molecule has 3 heteroatoms. The number of nitrogens with zero attached hydrogens (tertiary/aromatic N) is 1. The molecule has 0 bridgehead atoms. The van der Waals surface area contributed by atoms with Crippen LogP contribution in [0.1, 0.15) is 34.1 Å². The molecule has 2 heterocycles. The molecule has 1 aromatic heterocycles. The minimum atomic E-state index is -0.0266. The second-order valence-corrected chi connectivity index (χ2v) is 13.2. The number of anilines is 2. The van der Waals surface area contributed by atoms with Crippen molar-refractivity contribution in [3.8, 4) is 22.3 Å². The summed E-state index contributed by atoms with van der Waals surface area (Å²) >= 11 is 0. The van der Waals surface area contributed by atoms with E-state index in [1.165, 1.54) is 33.4 Å². The summed E-state index contributed by atoms with van der Waals surface area (Å²) in [6, 6.07) is 47.8. The number of fused-ring (bicyclic) bond motifs is 11. The second-order valence-electron chi connectivity index (χ2n) is 13.2. The van der Waals surface area contributed by atoms with Gasteiger partial charge in [0.1, 0.15) is 0 Å². The van der Waals surface area contributed by atoms with Crippen LogP contribution in [0.5, 0.6) is 0 Å². The summed E-state index contributed by atoms with van der Waals surface area (Å²) in [7, 11) is 0. The molecule has 228 valence electrons. The van der Waals surface area contributed by atoms with E-state index in [0.717, 1.165) is 50.6 Å². The van der Waals surface area contributed by atoms with Crippen LogP contribution in [0, 0.1) is 0 Å². The van der Waals surface area contributed by atoms with Crippen molar-refractivity contribution in [2.75, 3.05) is 4.90 Å². The fraction of sp³-hybridized carbons (Fsp3) is 0.0889. The lowest BCUT2D eigenvalue weighted by Gasteiger charge is -2.30. The van der Waals surface area contributed by atoms with Crippen molar-refractivity contribution in [2.45, 2.75) is 24.3 Å². The van der Waals surface area contributed by atoms with Crippen LogP contribution < -0.4 is 10.5 Å². The zero-order valence-corrected chi connectivity index (χ0v) is 26.3. The largest absolute Gasteiger partial charge is 0.333 e. The molecule has 0 radical (unpaired) electrons. The molecule has 0 saturated heterocycles. The number of pyridine rings is 1. The highest BCUT2D eigenvalue weighted by Crippen LogP contribution is 2.51. The smallest absolute Gasteiger partial charge is 0.256 e. The number of para-hydroxylation sites is 1. The molecule has 6 aromatic carbocycles. The lowest BCUT2D eigenvalue weighted by Crippen LogP contribution is -2.28. The summed E-state index contributed by atoms with van der Waals surface area (Å²) in [6.07, 6.45) is 9.73. The van der Waals surface area contributed by atoms with E-state index in [2.05, 4.69) is 168 Å². The number of allylic oxidation sites excluding steroid dienone is 2. The summed E-state index contributed by atoms with van der Waals surface area (Å²) in [5.41, 5.74) is 12.8. The third kappa shape index (κ3) is 3.97. The number of nitrogens with one attached hydrogen (secondary N) is 1. The first-order valence-corrected chi connectivity index (χ1v) is 16.8. The number of hydrogen-bond donors (Lipinski definition) is 1. The number of aromatic amines is 1. The lowest BCUT2D eigenvalue weighted by molar-refractivity contribution is 0.746. The zero-order chi connectivity index (χ0) is 31.8. The molecule has 3 nitrogen and oxygen atoms in total. The maximum Gasteiger partial charge on any atom is 0.256 e. The molecule has 1 aliphatic heterocycles. The van der Waals surface area contributed by atoms with Gasteiger partial charge in [0, 0.05) is 34.2 Å². The Hall–Kier alpha value is -5.93. The first-order valence-electron chi connectivity index (χ1n) is 16.8. The second kappa shape index (κ2) is 10.5. The maximum atomic E-state index is 14.6. The molecule has 2 aliphatic carbocycles. The molecule has 3 unspecified atom stereocenters. The zero-order valence-electron chi connectivity index (χ0n) is 26.3. The van der Waals surface area contributed by atoms with Crippen LogP contribution in [-0.4, -0.2) is 11.0 Å². The average Bonchev–Trinajstić information content (AvgIpc) is 3.50. The third-order valence-electron chi connectivity index (χ3n) is 10.7. The van der Waals surface area contributed by atoms with Crippen LogP contribution >= 0.6 is 0 Å². The molecular weight excluding hydrogens is 585 g/mol. The van der Waals surface area contributed by atoms with Gasteiger partial charge in [-0.05, 0) is 69.0 Å². The highest BCUT2D eigenvalue weighted by molar-refractivity contribution is 6.13. The Balaban J connectivity index is 1.20. The summed E-state index contributed by atoms with van der Waals surface area (Å²) in [4.78, 5) is 20.4. The molecule has 3 aliphatic rings. The van der Waals surface area contributed by atoms with Gasteiger partial charge in [-0.25, -0.2) is 0 Å². The molecule has 0 fully saturated rings. The number of H-pyrrole nitrogens is 1. The molecule has 3 atom stereocenters. The van der Waals surface area contributed by atoms with Crippen molar-refractivity contribution in [3.63, 3.8) is 0 Å². The Labute approximate surface area is 279 Å². The minimum Gasteiger partial charge on any atom is -0.333 e. The van der Waals surface area contributed by atoms with E-state index in [-0.39, 0.29) is 23.4 Å². The molecule has 0 amide bonds. The van der Waals surface area contributed by atoms with Gasteiger partial charge in [-0.3, -0.25) is 4.79 Å². The molecule has 0 spiro atoms. The predicted octanol–water partition coefficient (Wildman–Crippen LogP) is 10.4. The van der Waals surface area contributed by atoms with E-state index in [9.17, 15) is 4.79 Å². The normalized spacial score (nSPS) is 18.8. The van der Waals surface area contributed by atoms with E-state index in [4.69, 9.17) is 0 Å². The number of benzene rings is 6. The van der Waals surface area contributed by atoms with Gasteiger partial charge in [0.25, 0.3) is 5.56 Å². The van der Waals surface area contributed by atoms with E-state index >= 15 is 0 Å². The topological polar surface area (TPSA) is 36.1 Å². The summed E-state index contributed by atoms with van der Waals surface area (Å²) in [6.45, 7) is 0. The quantitative estimate of drug-likeness (QED) is 0.201. The standard InChI is InChI=1S/C45H32N2O/c48-45-43-34(36-24-25-40-42(44(36)46-45)37-20-9-10-21-39(37)47(40)32-17-5-2-6-18-32)22-23-35-38(27-31-14-7-8-19-33(31)41(35)43)30-16-11-15-29(26-30)28-12-3-1-4-13-28/h1-26,37-39H,27H2,(H,46,48). The van der Waals surface area contributed by atoms with Crippen molar-refractivity contribution in [1.29, 1.82) is 0 Å². The van der Waals surface area contributed by atoms with Crippen LogP contribution in [0.4, 0.5) is 11.4 Å². The molecule has 10 rings (SSSR count). The van der Waals surface area contributed by atoms with Gasteiger partial charge in [0.05, 0.1) is 16.9 Å². The van der Waals surface area contributed by atoms with Gasteiger partial charge in [0.2, 0.25) is 0 Å². The average molecular weight is 617 g/mol. The minimum absolute atomic E-state index is 0.0266. The SMILES string of the molecule is O=c1[nH]c2c3c(ccc2c2ccc4c(c12)-c1ccccc1CC4c1cccc(-c2ccccc2)c1)N(c1ccccc1)C1C=CC=CC31. The third-order valence-corrected chi connectivity index (χ3v) is 10.7. The Morgan fingerprint density at radius 3 is 2.29 bits per heavy atom. The molecule has 48 heavy (non-hydrogen) atoms. The number of aromatic nitrogens is 1. The van der Waals surface area contributed by atoms with Gasteiger partial charge in [-0.15, -0.1) is 0 Å². The molecule has 1 N–H and O–H groups in total.